The Balaban J connectivity index is 1.59. The molecule has 1 spiro atoms. The summed E-state index contributed by atoms with van der Waals surface area (Å²) >= 11 is 0. The normalized spacial score (nSPS) is 22.6. The zero-order valence-electron chi connectivity index (χ0n) is 23.6. The summed E-state index contributed by atoms with van der Waals surface area (Å²) < 4.78 is 39.5. The Kier molecular flexibility index (Phi) is 8.02. The molecule has 3 atom stereocenters. The van der Waals surface area contributed by atoms with Gasteiger partial charge >= 0.3 is 6.16 Å². The van der Waals surface area contributed by atoms with Crippen LogP contribution in [0.4, 0.5) is 13.6 Å². The van der Waals surface area contributed by atoms with Gasteiger partial charge in [-0.05, 0) is 39.2 Å². The second-order valence-corrected chi connectivity index (χ2v) is 10.9. The van der Waals surface area contributed by atoms with Gasteiger partial charge in [-0.15, -0.1) is 0 Å². The highest BCUT2D eigenvalue weighted by atomic mass is 19.1. The molecule has 224 valence electrons. The van der Waals surface area contributed by atoms with Gasteiger partial charge in [-0.1, -0.05) is 24.6 Å². The monoisotopic (exact) mass is 586 g/mol. The Bertz CT molecular complexity index is 1520. The molecule has 3 aliphatic rings. The van der Waals surface area contributed by atoms with Crippen molar-refractivity contribution >= 4 is 23.7 Å². The molecule has 2 bridgehead atoms. The van der Waals surface area contributed by atoms with E-state index in [0.717, 1.165) is 18.2 Å². The molecule has 2 aromatic rings. The fourth-order valence-electron chi connectivity index (χ4n) is 5.72. The molecule has 13 heteroatoms. The predicted octanol–water partition coefficient (Wildman–Crippen LogP) is 4.09. The highest BCUT2D eigenvalue weighted by Crippen LogP contribution is 2.46. The first-order valence-corrected chi connectivity index (χ1v) is 13.9. The Hall–Kier alpha value is -4.29. The lowest BCUT2D eigenvalue weighted by molar-refractivity contribution is -0.0655. The number of nitrogens with one attached hydrogen (secondary N) is 1. The maximum atomic E-state index is 14.2. The second-order valence-electron chi connectivity index (χ2n) is 10.9. The molecule has 1 fully saturated rings. The number of carbonyl (C=O) groups excluding carboxylic acids is 3. The minimum atomic E-state index is -1.19. The summed E-state index contributed by atoms with van der Waals surface area (Å²) in [6.45, 7) is 5.52. The van der Waals surface area contributed by atoms with Crippen LogP contribution in [0.1, 0.15) is 85.3 Å². The Morgan fingerprint density at radius 2 is 2.05 bits per heavy atom. The standard InChI is InChI=1S/C29H32F2N4O7/c1-4-5-10-40-28(39)41-25-23-27(38)34-15-22(29(9-8-17(34)3)12-16(2)33-42-29)35(23)14-20(24(25)36)26(37)32-13-18-6-7-19(30)11-21(18)31/h6-7,11,14,17,22H,4-5,8-10,12-13,15H2,1-3H3,(H,32,37)/t17-,22+,29-/m0/s1. The molecule has 11 nitrogen and oxygen atoms in total. The lowest BCUT2D eigenvalue weighted by Gasteiger charge is -2.42. The third-order valence-electron chi connectivity index (χ3n) is 8.03. The largest absolute Gasteiger partial charge is 0.514 e. The summed E-state index contributed by atoms with van der Waals surface area (Å²) in [5, 5.41) is 6.64. The van der Waals surface area contributed by atoms with Crippen LogP contribution in [0.3, 0.4) is 0 Å². The molecular weight excluding hydrogens is 554 g/mol. The maximum absolute atomic E-state index is 14.2. The summed E-state index contributed by atoms with van der Waals surface area (Å²) in [6.07, 6.45) is 2.94. The molecule has 3 aliphatic heterocycles. The molecule has 0 aliphatic carbocycles. The maximum Gasteiger partial charge on any atom is 0.514 e. The molecule has 1 N–H and O–H groups in total. The lowest BCUT2D eigenvalue weighted by atomic mass is 9.84. The van der Waals surface area contributed by atoms with Crippen molar-refractivity contribution in [2.75, 3.05) is 13.2 Å². The number of carbonyl (C=O) groups is 3. The van der Waals surface area contributed by atoms with Crippen LogP contribution in [-0.2, 0) is 16.1 Å². The number of rotatable bonds is 7. The number of fused-ring (bicyclic) bond motifs is 5. The van der Waals surface area contributed by atoms with Crippen LogP contribution in [-0.4, -0.2) is 57.9 Å². The van der Waals surface area contributed by atoms with Gasteiger partial charge in [0.05, 0.1) is 18.4 Å². The first-order valence-electron chi connectivity index (χ1n) is 13.9. The number of halogens is 2. The van der Waals surface area contributed by atoms with Gasteiger partial charge in [0.25, 0.3) is 11.8 Å². The molecule has 4 heterocycles. The van der Waals surface area contributed by atoms with E-state index in [2.05, 4.69) is 10.5 Å². The van der Waals surface area contributed by atoms with Gasteiger partial charge in [0, 0.05) is 43.4 Å². The zero-order valence-corrected chi connectivity index (χ0v) is 23.6. The first kappa shape index (κ1) is 29.2. The van der Waals surface area contributed by atoms with Crippen LogP contribution < -0.4 is 15.5 Å². The van der Waals surface area contributed by atoms with Gasteiger partial charge in [-0.25, -0.2) is 13.6 Å². The van der Waals surface area contributed by atoms with Crippen molar-refractivity contribution < 1.29 is 37.5 Å². The van der Waals surface area contributed by atoms with E-state index >= 15 is 0 Å². The van der Waals surface area contributed by atoms with E-state index < -0.39 is 58.0 Å². The van der Waals surface area contributed by atoms with Crippen molar-refractivity contribution in [3.8, 4) is 5.75 Å². The van der Waals surface area contributed by atoms with Crippen LogP contribution >= 0.6 is 0 Å². The van der Waals surface area contributed by atoms with Crippen LogP contribution in [0.2, 0.25) is 0 Å². The number of aromatic nitrogens is 1. The first-order chi connectivity index (χ1) is 20.0. The van der Waals surface area contributed by atoms with Crippen molar-refractivity contribution in [1.82, 2.24) is 14.8 Å². The van der Waals surface area contributed by atoms with E-state index in [1.54, 1.807) is 4.90 Å². The highest BCUT2D eigenvalue weighted by Gasteiger charge is 2.54. The molecule has 1 aromatic carbocycles. The van der Waals surface area contributed by atoms with Crippen LogP contribution in [0.25, 0.3) is 0 Å². The van der Waals surface area contributed by atoms with E-state index in [1.165, 1.54) is 16.8 Å². The summed E-state index contributed by atoms with van der Waals surface area (Å²) in [7, 11) is 0. The van der Waals surface area contributed by atoms with E-state index in [4.69, 9.17) is 14.3 Å². The van der Waals surface area contributed by atoms with E-state index in [9.17, 15) is 28.0 Å². The molecule has 0 radical (unpaired) electrons. The number of oxime groups is 1. The van der Waals surface area contributed by atoms with Crippen molar-refractivity contribution in [1.29, 1.82) is 0 Å². The van der Waals surface area contributed by atoms with Crippen LogP contribution in [0.5, 0.6) is 5.75 Å². The van der Waals surface area contributed by atoms with Crippen molar-refractivity contribution in [2.24, 2.45) is 5.16 Å². The van der Waals surface area contributed by atoms with Crippen LogP contribution in [0.15, 0.2) is 34.3 Å². The number of pyridine rings is 1. The molecule has 42 heavy (non-hydrogen) atoms. The quantitative estimate of drug-likeness (QED) is 0.382. The predicted molar refractivity (Wildman–Crippen MR) is 145 cm³/mol. The molecule has 0 saturated carbocycles. The lowest BCUT2D eigenvalue weighted by Crippen LogP contribution is -2.52. The van der Waals surface area contributed by atoms with Gasteiger partial charge in [-0.2, -0.15) is 0 Å². The number of hydrogen-bond acceptors (Lipinski definition) is 8. The van der Waals surface area contributed by atoms with E-state index in [-0.39, 0.29) is 37.0 Å². The topological polar surface area (TPSA) is 129 Å². The zero-order chi connectivity index (χ0) is 30.2. The number of nitrogens with zero attached hydrogens (tertiary/aromatic N) is 3. The molecule has 0 unspecified atom stereocenters. The second kappa shape index (κ2) is 11.5. The summed E-state index contributed by atoms with van der Waals surface area (Å²) in [4.78, 5) is 61.1. The molecule has 5 rings (SSSR count). The van der Waals surface area contributed by atoms with E-state index in [1.807, 2.05) is 20.8 Å². The van der Waals surface area contributed by atoms with Crippen molar-refractivity contribution in [3.05, 3.63) is 63.1 Å². The molecule has 1 saturated heterocycles. The van der Waals surface area contributed by atoms with Gasteiger partial charge in [0.1, 0.15) is 17.2 Å². The Morgan fingerprint density at radius 1 is 1.26 bits per heavy atom. The van der Waals surface area contributed by atoms with Crippen molar-refractivity contribution in [3.63, 3.8) is 0 Å². The van der Waals surface area contributed by atoms with Gasteiger partial charge in [-0.3, -0.25) is 14.4 Å². The average Bonchev–Trinajstić information content (AvgIpc) is 3.28. The minimum absolute atomic E-state index is 0.00621. The summed E-state index contributed by atoms with van der Waals surface area (Å²) in [5.74, 6) is -3.74. The third kappa shape index (κ3) is 5.35. The minimum Gasteiger partial charge on any atom is -0.434 e. The molecule has 2 amide bonds. The molecular formula is C29H32F2N4O7. The third-order valence-corrected chi connectivity index (χ3v) is 8.03. The number of unbranched alkanes of at least 4 members (excludes halogenated alkanes) is 1. The molecule has 1 aromatic heterocycles. The summed E-state index contributed by atoms with van der Waals surface area (Å²) in [5.41, 5.74) is -1.78. The van der Waals surface area contributed by atoms with Gasteiger partial charge in [0.2, 0.25) is 11.2 Å². The number of ether oxygens (including phenoxy) is 2. The summed E-state index contributed by atoms with van der Waals surface area (Å²) in [6, 6.07) is 2.10. The number of benzene rings is 1. The average molecular weight is 587 g/mol. The van der Waals surface area contributed by atoms with E-state index in [0.29, 0.717) is 31.7 Å². The number of hydrogen-bond donors (Lipinski definition) is 1. The van der Waals surface area contributed by atoms with Crippen molar-refractivity contribution in [2.45, 2.75) is 77.1 Å². The number of amides is 2. The fraction of sp³-hybridized carbons (Fsp3) is 0.483. The Labute approximate surface area is 240 Å². The highest BCUT2D eigenvalue weighted by molar-refractivity contribution is 6.00. The van der Waals surface area contributed by atoms with Gasteiger partial charge < -0.3 is 29.1 Å². The smallest absolute Gasteiger partial charge is 0.434 e. The fourth-order valence-corrected chi connectivity index (χ4v) is 5.72. The van der Waals surface area contributed by atoms with Gasteiger partial charge in [0.15, 0.2) is 11.3 Å². The van der Waals surface area contributed by atoms with Crippen LogP contribution in [0, 0.1) is 11.6 Å². The SMILES string of the molecule is CCCCOC(=O)Oc1c2n(cc(C(=O)NCc3ccc(F)cc3F)c1=O)[C@@H]1CN(C2=O)[C@@H](C)CC[C@]12CC(C)=NO2. The Morgan fingerprint density at radius 3 is 2.74 bits per heavy atom.